The molecule has 0 spiro atoms. The molecule has 0 bridgehead atoms. The molecule has 0 radical (unpaired) electrons. The van der Waals surface area contributed by atoms with Gasteiger partial charge in [-0.3, -0.25) is 4.79 Å². The van der Waals surface area contributed by atoms with E-state index in [2.05, 4.69) is 62.0 Å². The van der Waals surface area contributed by atoms with Crippen LogP contribution in [0.3, 0.4) is 0 Å². The molecular formula is C46H80O2. The third-order valence-electron chi connectivity index (χ3n) is 17.3. The van der Waals surface area contributed by atoms with Crippen LogP contribution in [0.1, 0.15) is 209 Å². The Morgan fingerprint density at radius 2 is 1.29 bits per heavy atom. The molecule has 0 aromatic rings. The lowest BCUT2D eigenvalue weighted by Gasteiger charge is -2.73. The Morgan fingerprint density at radius 3 is 1.92 bits per heavy atom. The van der Waals surface area contributed by atoms with E-state index in [0.29, 0.717) is 39.9 Å². The molecule has 48 heavy (non-hydrogen) atoms. The summed E-state index contributed by atoms with van der Waals surface area (Å²) in [6, 6.07) is 0. The Balaban J connectivity index is 1.11. The largest absolute Gasteiger partial charge is 0.462 e. The Kier molecular flexibility index (Phi) is 12.4. The Bertz CT molecular complexity index is 1090. The van der Waals surface area contributed by atoms with Crippen molar-refractivity contribution in [3.8, 4) is 0 Å². The molecule has 5 saturated carbocycles. The third-order valence-corrected chi connectivity index (χ3v) is 17.3. The van der Waals surface area contributed by atoms with E-state index in [0.717, 1.165) is 30.6 Å². The van der Waals surface area contributed by atoms with Crippen LogP contribution in [0, 0.1) is 56.7 Å². The number of hydrogen-bond donors (Lipinski definition) is 0. The molecular weight excluding hydrogens is 585 g/mol. The summed E-state index contributed by atoms with van der Waals surface area (Å²) in [7, 11) is 0. The molecule has 5 aliphatic rings. The van der Waals surface area contributed by atoms with Gasteiger partial charge in [0.2, 0.25) is 0 Å². The average Bonchev–Trinajstić information content (AvgIpc) is 3.03. The summed E-state index contributed by atoms with van der Waals surface area (Å²) >= 11 is 0. The maximum absolute atomic E-state index is 13.2. The maximum atomic E-state index is 13.2. The second-order valence-electron chi connectivity index (χ2n) is 20.1. The molecule has 5 aliphatic carbocycles. The first-order chi connectivity index (χ1) is 22.7. The van der Waals surface area contributed by atoms with Crippen molar-refractivity contribution >= 4 is 5.97 Å². The van der Waals surface area contributed by atoms with Gasteiger partial charge < -0.3 is 4.74 Å². The number of fused-ring (bicyclic) bond motifs is 7. The minimum Gasteiger partial charge on any atom is -0.462 e. The van der Waals surface area contributed by atoms with E-state index in [9.17, 15) is 4.79 Å². The summed E-state index contributed by atoms with van der Waals surface area (Å²) in [5, 5.41) is 0. The lowest BCUT2D eigenvalue weighted by Crippen LogP contribution is -2.67. The summed E-state index contributed by atoms with van der Waals surface area (Å²) in [5.74, 6) is 3.79. The number of rotatable bonds is 15. The van der Waals surface area contributed by atoms with Crippen molar-refractivity contribution in [3.63, 3.8) is 0 Å². The quantitative estimate of drug-likeness (QED) is 0.0989. The van der Waals surface area contributed by atoms with Crippen LogP contribution in [0.5, 0.6) is 0 Å². The molecule has 2 nitrogen and oxygen atoms in total. The number of hydrogen-bond acceptors (Lipinski definition) is 2. The van der Waals surface area contributed by atoms with Crippen molar-refractivity contribution in [3.05, 3.63) is 12.2 Å². The van der Waals surface area contributed by atoms with Gasteiger partial charge in [-0.25, -0.2) is 0 Å². The first kappa shape index (κ1) is 38.4. The van der Waals surface area contributed by atoms with Crippen LogP contribution in [0.25, 0.3) is 0 Å². The van der Waals surface area contributed by atoms with Crippen molar-refractivity contribution in [2.75, 3.05) is 0 Å². The number of carbonyl (C=O) groups is 1. The molecule has 5 fully saturated rings. The summed E-state index contributed by atoms with van der Waals surface area (Å²) in [5.41, 5.74) is 3.24. The molecule has 10 unspecified atom stereocenters. The van der Waals surface area contributed by atoms with Gasteiger partial charge in [0.1, 0.15) is 6.10 Å². The zero-order valence-electron chi connectivity index (χ0n) is 33.5. The number of esters is 1. The summed E-state index contributed by atoms with van der Waals surface area (Å²) in [4.78, 5) is 13.2. The van der Waals surface area contributed by atoms with Crippen molar-refractivity contribution in [2.24, 2.45) is 56.7 Å². The first-order valence-electron chi connectivity index (χ1n) is 21.6. The second-order valence-corrected chi connectivity index (χ2v) is 20.1. The molecule has 0 heterocycles. The SMILES string of the molecule is C=C1CCC2(C)CCC3(C)C(CCC4C5(C)CCC(OC(=O)CCCCCCCCCCCCCCC)C(C)(C)C5CCC43C)C2C1C. The molecule has 0 aromatic carbocycles. The lowest BCUT2D eigenvalue weighted by atomic mass is 9.31. The van der Waals surface area contributed by atoms with E-state index in [1.54, 1.807) is 0 Å². The predicted molar refractivity (Wildman–Crippen MR) is 205 cm³/mol. The maximum Gasteiger partial charge on any atom is 0.306 e. The number of allylic oxidation sites excluding steroid dienone is 1. The van der Waals surface area contributed by atoms with Gasteiger partial charge >= 0.3 is 5.97 Å². The van der Waals surface area contributed by atoms with Gasteiger partial charge in [0, 0.05) is 11.8 Å². The van der Waals surface area contributed by atoms with E-state index < -0.39 is 0 Å². The minimum absolute atomic E-state index is 0.0402. The fourth-order valence-electron chi connectivity index (χ4n) is 14.1. The normalized spacial score (nSPS) is 41.9. The lowest BCUT2D eigenvalue weighted by molar-refractivity contribution is -0.254. The summed E-state index contributed by atoms with van der Waals surface area (Å²) in [6.45, 7) is 25.2. The first-order valence-corrected chi connectivity index (χ1v) is 21.6. The van der Waals surface area contributed by atoms with Crippen LogP contribution < -0.4 is 0 Å². The van der Waals surface area contributed by atoms with Crippen LogP contribution in [0.15, 0.2) is 12.2 Å². The van der Waals surface area contributed by atoms with Crippen LogP contribution in [0.4, 0.5) is 0 Å². The van der Waals surface area contributed by atoms with Gasteiger partial charge in [-0.15, -0.1) is 0 Å². The number of unbranched alkanes of at least 4 members (excludes halogenated alkanes) is 12. The topological polar surface area (TPSA) is 26.3 Å². The highest BCUT2D eigenvalue weighted by Crippen LogP contribution is 2.77. The van der Waals surface area contributed by atoms with Crippen molar-refractivity contribution in [2.45, 2.75) is 216 Å². The van der Waals surface area contributed by atoms with Crippen LogP contribution in [-0.4, -0.2) is 12.1 Å². The van der Waals surface area contributed by atoms with Crippen LogP contribution in [0.2, 0.25) is 0 Å². The Labute approximate surface area is 299 Å². The van der Waals surface area contributed by atoms with Gasteiger partial charge in [0.05, 0.1) is 0 Å². The van der Waals surface area contributed by atoms with Crippen LogP contribution >= 0.6 is 0 Å². The van der Waals surface area contributed by atoms with Crippen molar-refractivity contribution in [1.82, 2.24) is 0 Å². The van der Waals surface area contributed by atoms with Gasteiger partial charge in [-0.1, -0.05) is 145 Å². The highest BCUT2D eigenvalue weighted by molar-refractivity contribution is 5.69. The predicted octanol–water partition coefficient (Wildman–Crippen LogP) is 14.1. The summed E-state index contributed by atoms with van der Waals surface area (Å²) in [6.07, 6.45) is 31.2. The molecule has 0 aromatic heterocycles. The van der Waals surface area contributed by atoms with Gasteiger partial charge in [0.25, 0.3) is 0 Å². The van der Waals surface area contributed by atoms with Gasteiger partial charge in [0.15, 0.2) is 0 Å². The van der Waals surface area contributed by atoms with Gasteiger partial charge in [-0.2, -0.15) is 0 Å². The van der Waals surface area contributed by atoms with E-state index >= 15 is 0 Å². The molecule has 0 N–H and O–H groups in total. The molecule has 0 aliphatic heterocycles. The van der Waals surface area contributed by atoms with Crippen molar-refractivity contribution in [1.29, 1.82) is 0 Å². The second kappa shape index (κ2) is 15.4. The molecule has 5 rings (SSSR count). The highest BCUT2D eigenvalue weighted by Gasteiger charge is 2.70. The van der Waals surface area contributed by atoms with Gasteiger partial charge in [-0.05, 0) is 122 Å². The fourth-order valence-corrected chi connectivity index (χ4v) is 14.1. The third kappa shape index (κ3) is 7.14. The van der Waals surface area contributed by atoms with E-state index in [1.807, 2.05) is 0 Å². The number of carbonyl (C=O) groups excluding carboxylic acids is 1. The zero-order valence-corrected chi connectivity index (χ0v) is 33.5. The standard InChI is InChI=1S/C46H80O2/c1-10-11-12-13-14-15-16-17-18-19-20-21-22-23-40(47)48-39-28-30-44(7)37(42(39,4)5)27-31-46(9)38(44)25-24-36-41-35(3)34(2)26-29-43(41,6)32-33-45(36,46)8/h35-39,41H,2,10-33H2,1,3-9H3. The molecule has 0 saturated heterocycles. The van der Waals surface area contributed by atoms with E-state index in [4.69, 9.17) is 4.74 Å². The molecule has 0 amide bonds. The molecule has 10 atom stereocenters. The number of ether oxygens (including phenoxy) is 1. The van der Waals surface area contributed by atoms with Crippen LogP contribution in [-0.2, 0) is 9.53 Å². The minimum atomic E-state index is 0.0402. The zero-order chi connectivity index (χ0) is 34.8. The molecule has 2 heteroatoms. The highest BCUT2D eigenvalue weighted by atomic mass is 16.5. The summed E-state index contributed by atoms with van der Waals surface area (Å²) < 4.78 is 6.42. The Morgan fingerprint density at radius 1 is 0.688 bits per heavy atom. The van der Waals surface area contributed by atoms with Crippen molar-refractivity contribution < 1.29 is 9.53 Å². The average molecular weight is 665 g/mol. The Hall–Kier alpha value is -0.790. The molecule has 276 valence electrons. The smallest absolute Gasteiger partial charge is 0.306 e. The van der Waals surface area contributed by atoms with E-state index in [1.165, 1.54) is 140 Å². The monoisotopic (exact) mass is 665 g/mol. The fraction of sp³-hybridized carbons (Fsp3) is 0.935. The van der Waals surface area contributed by atoms with E-state index in [-0.39, 0.29) is 17.5 Å².